The monoisotopic (exact) mass is 527 g/mol. The molecule has 1 aliphatic carbocycles. The Bertz CT molecular complexity index is 1310. The number of nitrogens with zero attached hydrogens (tertiary/aromatic N) is 1. The molecular weight excluding hydrogens is 499 g/mol. The van der Waals surface area contributed by atoms with Crippen LogP contribution in [0.3, 0.4) is 0 Å². The normalized spacial score (nSPS) is 17.3. The fourth-order valence-corrected chi connectivity index (χ4v) is 4.96. The molecule has 1 aliphatic rings. The summed E-state index contributed by atoms with van der Waals surface area (Å²) in [6, 6.07) is 8.94. The van der Waals surface area contributed by atoms with Crippen molar-refractivity contribution >= 4 is 17.5 Å². The number of halogens is 3. The number of ketones is 2. The van der Waals surface area contributed by atoms with Crippen LogP contribution in [0.4, 0.5) is 13.2 Å². The van der Waals surface area contributed by atoms with E-state index in [0.29, 0.717) is 24.5 Å². The number of benzene rings is 2. The van der Waals surface area contributed by atoms with Crippen molar-refractivity contribution in [2.24, 2.45) is 5.92 Å². The molecule has 0 saturated heterocycles. The highest BCUT2D eigenvalue weighted by Crippen LogP contribution is 2.37. The number of carbonyl (C=O) groups is 3. The standard InChI is InChI=1S/C29H28F3NO5/c30-23-15-25(32)24(31)14-22(23)29-33-26(16-38-29)27(35)3-1-2-21(34)12-17-4-8-19(9-5-17)20-10-6-18(7-11-20)13-28(36)37/h4-5,8-9,14-16,18,20H,1-3,6-7,10-13H2,(H,36,37). The second kappa shape index (κ2) is 12.2. The van der Waals surface area contributed by atoms with Crippen molar-refractivity contribution in [2.45, 2.75) is 63.7 Å². The molecule has 38 heavy (non-hydrogen) atoms. The van der Waals surface area contributed by atoms with E-state index in [-0.39, 0.29) is 49.0 Å². The summed E-state index contributed by atoms with van der Waals surface area (Å²) in [5, 5.41) is 8.97. The van der Waals surface area contributed by atoms with Gasteiger partial charge >= 0.3 is 5.97 Å². The predicted molar refractivity (Wildman–Crippen MR) is 132 cm³/mol. The molecule has 9 heteroatoms. The van der Waals surface area contributed by atoms with Crippen LogP contribution < -0.4 is 0 Å². The van der Waals surface area contributed by atoms with Gasteiger partial charge in [-0.2, -0.15) is 0 Å². The molecule has 6 nitrogen and oxygen atoms in total. The molecule has 1 heterocycles. The Labute approximate surface area is 217 Å². The zero-order chi connectivity index (χ0) is 27.2. The maximum Gasteiger partial charge on any atom is 0.303 e. The number of carboxylic acid groups (broad SMARTS) is 1. The number of carbonyl (C=O) groups excluding carboxylic acids is 2. The van der Waals surface area contributed by atoms with E-state index in [9.17, 15) is 27.6 Å². The van der Waals surface area contributed by atoms with Gasteiger partial charge in [-0.05, 0) is 61.1 Å². The van der Waals surface area contributed by atoms with Crippen molar-refractivity contribution < 1.29 is 37.1 Å². The molecule has 200 valence electrons. The second-order valence-electron chi connectivity index (χ2n) is 9.83. The number of oxazole rings is 1. The predicted octanol–water partition coefficient (Wildman–Crippen LogP) is 6.67. The van der Waals surface area contributed by atoms with E-state index in [1.165, 1.54) is 5.56 Å². The lowest BCUT2D eigenvalue weighted by atomic mass is 9.77. The van der Waals surface area contributed by atoms with Gasteiger partial charge in [-0.15, -0.1) is 0 Å². The Balaban J connectivity index is 1.22. The Hall–Kier alpha value is -3.75. The minimum atomic E-state index is -1.34. The lowest BCUT2D eigenvalue weighted by Crippen LogP contribution is -2.16. The van der Waals surface area contributed by atoms with Gasteiger partial charge in [0.2, 0.25) is 5.89 Å². The average molecular weight is 528 g/mol. The van der Waals surface area contributed by atoms with Crippen molar-refractivity contribution in [3.63, 3.8) is 0 Å². The van der Waals surface area contributed by atoms with Gasteiger partial charge < -0.3 is 9.52 Å². The molecular formula is C29H28F3NO5. The van der Waals surface area contributed by atoms with E-state index < -0.39 is 34.8 Å². The highest BCUT2D eigenvalue weighted by molar-refractivity contribution is 5.94. The maximum absolute atomic E-state index is 13.9. The fraction of sp³-hybridized carbons (Fsp3) is 0.379. The highest BCUT2D eigenvalue weighted by atomic mass is 19.2. The van der Waals surface area contributed by atoms with Crippen LogP contribution in [0.2, 0.25) is 0 Å². The Morgan fingerprint density at radius 1 is 0.921 bits per heavy atom. The third-order valence-electron chi connectivity index (χ3n) is 7.05. The summed E-state index contributed by atoms with van der Waals surface area (Å²) in [4.78, 5) is 39.6. The summed E-state index contributed by atoms with van der Waals surface area (Å²) in [5.41, 5.74) is 1.62. The van der Waals surface area contributed by atoms with E-state index in [2.05, 4.69) is 4.98 Å². The van der Waals surface area contributed by atoms with Gasteiger partial charge in [0, 0.05) is 31.7 Å². The molecule has 0 unspecified atom stereocenters. The summed E-state index contributed by atoms with van der Waals surface area (Å²) in [5.74, 6) is -4.50. The van der Waals surface area contributed by atoms with Gasteiger partial charge in [0.1, 0.15) is 23.6 Å². The molecule has 1 fully saturated rings. The number of aromatic nitrogens is 1. The van der Waals surface area contributed by atoms with Crippen molar-refractivity contribution in [3.8, 4) is 11.5 Å². The topological polar surface area (TPSA) is 97.5 Å². The lowest BCUT2D eigenvalue weighted by Gasteiger charge is -2.28. The van der Waals surface area contributed by atoms with Gasteiger partial charge in [0.25, 0.3) is 0 Å². The number of Topliss-reactive ketones (excluding diaryl/α,β-unsaturated/α-hetero) is 2. The molecule has 4 rings (SSSR count). The van der Waals surface area contributed by atoms with Crippen LogP contribution in [0.25, 0.3) is 11.5 Å². The number of hydrogen-bond acceptors (Lipinski definition) is 5. The molecule has 0 aliphatic heterocycles. The van der Waals surface area contributed by atoms with E-state index in [1.54, 1.807) is 0 Å². The Morgan fingerprint density at radius 2 is 1.61 bits per heavy atom. The van der Waals surface area contributed by atoms with Crippen molar-refractivity contribution in [3.05, 3.63) is 76.9 Å². The number of aliphatic carboxylic acids is 1. The van der Waals surface area contributed by atoms with Crippen LogP contribution in [-0.4, -0.2) is 27.6 Å². The molecule has 0 atom stereocenters. The van der Waals surface area contributed by atoms with Gasteiger partial charge in [0.15, 0.2) is 17.4 Å². The Morgan fingerprint density at radius 3 is 2.29 bits per heavy atom. The van der Waals surface area contributed by atoms with Crippen molar-refractivity contribution in [1.29, 1.82) is 0 Å². The molecule has 0 spiro atoms. The zero-order valence-electron chi connectivity index (χ0n) is 20.7. The molecule has 1 aromatic heterocycles. The van der Waals surface area contributed by atoms with Crippen LogP contribution in [0, 0.1) is 23.4 Å². The van der Waals surface area contributed by atoms with Crippen molar-refractivity contribution in [1.82, 2.24) is 4.98 Å². The number of rotatable bonds is 11. The highest BCUT2D eigenvalue weighted by Gasteiger charge is 2.24. The zero-order valence-corrected chi connectivity index (χ0v) is 20.7. The lowest BCUT2D eigenvalue weighted by molar-refractivity contribution is -0.138. The average Bonchev–Trinajstić information content (AvgIpc) is 3.37. The minimum absolute atomic E-state index is 0.00979. The van der Waals surface area contributed by atoms with Crippen LogP contribution in [0.15, 0.2) is 47.1 Å². The molecule has 3 aromatic rings. The van der Waals surface area contributed by atoms with E-state index >= 15 is 0 Å². The van der Waals surface area contributed by atoms with Gasteiger partial charge in [-0.3, -0.25) is 14.4 Å². The quantitative estimate of drug-likeness (QED) is 0.221. The third kappa shape index (κ3) is 6.96. The first-order valence-electron chi connectivity index (χ1n) is 12.7. The molecule has 0 amide bonds. The second-order valence-corrected chi connectivity index (χ2v) is 9.83. The smallest absolute Gasteiger partial charge is 0.303 e. The van der Waals surface area contributed by atoms with Crippen LogP contribution in [0.5, 0.6) is 0 Å². The summed E-state index contributed by atoms with van der Waals surface area (Å²) in [6.07, 6.45) is 5.79. The number of hydrogen-bond donors (Lipinski definition) is 1. The summed E-state index contributed by atoms with van der Waals surface area (Å²) in [6.45, 7) is 0. The first kappa shape index (κ1) is 27.3. The maximum atomic E-state index is 13.9. The van der Waals surface area contributed by atoms with Gasteiger partial charge in [-0.1, -0.05) is 24.3 Å². The van der Waals surface area contributed by atoms with Crippen LogP contribution >= 0.6 is 0 Å². The molecule has 1 N–H and O–H groups in total. The first-order valence-corrected chi connectivity index (χ1v) is 12.7. The largest absolute Gasteiger partial charge is 0.481 e. The SMILES string of the molecule is O=C(O)CC1CCC(c2ccc(CC(=O)CCCC(=O)c3coc(-c4cc(F)c(F)cc4F)n3)cc2)CC1. The van der Waals surface area contributed by atoms with E-state index in [0.717, 1.165) is 37.5 Å². The van der Waals surface area contributed by atoms with E-state index in [1.807, 2.05) is 24.3 Å². The van der Waals surface area contributed by atoms with Crippen LogP contribution in [0.1, 0.15) is 78.9 Å². The first-order chi connectivity index (χ1) is 18.2. The minimum Gasteiger partial charge on any atom is -0.481 e. The number of carboxylic acids is 1. The Kier molecular flexibility index (Phi) is 8.76. The summed E-state index contributed by atoms with van der Waals surface area (Å²) < 4.78 is 45.6. The van der Waals surface area contributed by atoms with Gasteiger partial charge in [-0.25, -0.2) is 18.2 Å². The van der Waals surface area contributed by atoms with E-state index in [4.69, 9.17) is 9.52 Å². The molecule has 1 saturated carbocycles. The summed E-state index contributed by atoms with van der Waals surface area (Å²) >= 11 is 0. The molecule has 0 bridgehead atoms. The fourth-order valence-electron chi connectivity index (χ4n) is 4.96. The summed E-state index contributed by atoms with van der Waals surface area (Å²) in [7, 11) is 0. The molecule has 2 aromatic carbocycles. The van der Waals surface area contributed by atoms with Crippen molar-refractivity contribution in [2.75, 3.05) is 0 Å². The van der Waals surface area contributed by atoms with Gasteiger partial charge in [0.05, 0.1) is 5.56 Å². The molecule has 0 radical (unpaired) electrons. The third-order valence-corrected chi connectivity index (χ3v) is 7.05. The van der Waals surface area contributed by atoms with Crippen LogP contribution in [-0.2, 0) is 16.0 Å².